The third kappa shape index (κ3) is 3.65. The summed E-state index contributed by atoms with van der Waals surface area (Å²) in [5, 5.41) is 24.1. The number of aliphatic hydroxyl groups is 1. The van der Waals surface area contributed by atoms with Gasteiger partial charge in [0.15, 0.2) is 0 Å². The Labute approximate surface area is 185 Å². The number of oxime groups is 1. The van der Waals surface area contributed by atoms with E-state index in [0.29, 0.717) is 11.3 Å². The zero-order chi connectivity index (χ0) is 21.7. The first-order valence-corrected chi connectivity index (χ1v) is 13.1. The van der Waals surface area contributed by atoms with E-state index in [2.05, 4.69) is 39.8 Å². The molecule has 0 bridgehead atoms. The molecule has 4 aliphatic rings. The van der Waals surface area contributed by atoms with Crippen LogP contribution in [-0.4, -0.2) is 22.1 Å². The van der Waals surface area contributed by atoms with Crippen LogP contribution in [0.25, 0.3) is 0 Å². The molecule has 0 aromatic heterocycles. The molecule has 0 aromatic rings. The van der Waals surface area contributed by atoms with Crippen LogP contribution in [0.5, 0.6) is 0 Å². The van der Waals surface area contributed by atoms with E-state index in [0.717, 1.165) is 61.0 Å². The average molecular weight is 418 g/mol. The summed E-state index contributed by atoms with van der Waals surface area (Å²) in [6, 6.07) is 0. The number of hydrogen-bond acceptors (Lipinski definition) is 3. The first-order chi connectivity index (χ1) is 14.2. The van der Waals surface area contributed by atoms with Gasteiger partial charge in [0.1, 0.15) is 0 Å². The first kappa shape index (κ1) is 22.6. The van der Waals surface area contributed by atoms with Gasteiger partial charge in [-0.1, -0.05) is 59.0 Å². The lowest BCUT2D eigenvalue weighted by atomic mass is 9.44. The highest BCUT2D eigenvalue weighted by Gasteiger charge is 2.62. The molecule has 172 valence electrons. The fraction of sp³-hybridized carbons (Fsp3) is 0.963. The molecule has 0 spiro atoms. The molecular weight excluding hydrogens is 370 g/mol. The van der Waals surface area contributed by atoms with Gasteiger partial charge in [0.2, 0.25) is 0 Å². The van der Waals surface area contributed by atoms with Crippen molar-refractivity contribution in [1.29, 1.82) is 0 Å². The highest BCUT2D eigenvalue weighted by Crippen LogP contribution is 2.68. The predicted octanol–water partition coefficient (Wildman–Crippen LogP) is 6.91. The maximum atomic E-state index is 10.3. The van der Waals surface area contributed by atoms with Crippen molar-refractivity contribution in [1.82, 2.24) is 0 Å². The van der Waals surface area contributed by atoms with Crippen molar-refractivity contribution >= 4 is 5.71 Å². The van der Waals surface area contributed by atoms with Crippen LogP contribution in [0, 0.1) is 52.3 Å². The Bertz CT molecular complexity index is 645. The van der Waals surface area contributed by atoms with E-state index >= 15 is 0 Å². The van der Waals surface area contributed by atoms with Gasteiger partial charge in [-0.2, -0.15) is 0 Å². The van der Waals surface area contributed by atoms with Crippen LogP contribution in [-0.2, 0) is 0 Å². The van der Waals surface area contributed by atoms with Crippen LogP contribution in [0.15, 0.2) is 5.16 Å². The van der Waals surface area contributed by atoms with Crippen molar-refractivity contribution in [3.05, 3.63) is 0 Å². The van der Waals surface area contributed by atoms with Crippen LogP contribution in [0.2, 0.25) is 0 Å². The Balaban J connectivity index is 1.53. The molecule has 0 aromatic carbocycles. The molecule has 3 heteroatoms. The monoisotopic (exact) mass is 417 g/mol. The van der Waals surface area contributed by atoms with E-state index in [9.17, 15) is 10.3 Å². The Morgan fingerprint density at radius 2 is 1.67 bits per heavy atom. The highest BCUT2D eigenvalue weighted by atomic mass is 16.4. The molecule has 30 heavy (non-hydrogen) atoms. The van der Waals surface area contributed by atoms with Gasteiger partial charge >= 0.3 is 0 Å². The Kier molecular flexibility index (Phi) is 6.34. The molecule has 4 rings (SSSR count). The van der Waals surface area contributed by atoms with E-state index in [1.165, 1.54) is 44.9 Å². The van der Waals surface area contributed by atoms with Gasteiger partial charge in [0.25, 0.3) is 0 Å². The average Bonchev–Trinajstić information content (AvgIpc) is 3.05. The minimum atomic E-state index is -0.215. The fourth-order valence-electron chi connectivity index (χ4n) is 9.18. The molecule has 0 saturated heterocycles. The van der Waals surface area contributed by atoms with E-state index in [4.69, 9.17) is 0 Å². The fourth-order valence-corrected chi connectivity index (χ4v) is 9.18. The zero-order valence-corrected chi connectivity index (χ0v) is 20.2. The summed E-state index contributed by atoms with van der Waals surface area (Å²) in [5.74, 6) is 5.01. The van der Waals surface area contributed by atoms with Crippen molar-refractivity contribution in [2.75, 3.05) is 0 Å². The van der Waals surface area contributed by atoms with Gasteiger partial charge < -0.3 is 10.3 Å². The van der Waals surface area contributed by atoms with Gasteiger partial charge in [-0.25, -0.2) is 0 Å². The quantitative estimate of drug-likeness (QED) is 0.377. The van der Waals surface area contributed by atoms with Crippen molar-refractivity contribution in [2.24, 2.45) is 57.4 Å². The lowest BCUT2D eigenvalue weighted by Gasteiger charge is -2.61. The summed E-state index contributed by atoms with van der Waals surface area (Å²) in [7, 11) is 0. The number of aliphatic hydroxyl groups excluding tert-OH is 1. The van der Waals surface area contributed by atoms with Crippen LogP contribution >= 0.6 is 0 Å². The predicted molar refractivity (Wildman–Crippen MR) is 124 cm³/mol. The second-order valence-electron chi connectivity index (χ2n) is 12.7. The van der Waals surface area contributed by atoms with E-state index in [1.807, 2.05) is 0 Å². The van der Waals surface area contributed by atoms with E-state index < -0.39 is 0 Å². The molecule has 0 radical (unpaired) electrons. The van der Waals surface area contributed by atoms with Crippen molar-refractivity contribution in [2.45, 2.75) is 111 Å². The normalized spacial score (nSPS) is 48.3. The maximum Gasteiger partial charge on any atom is 0.0611 e. The lowest BCUT2D eigenvalue weighted by molar-refractivity contribution is -0.0946. The molecule has 4 saturated carbocycles. The molecule has 4 fully saturated rings. The molecule has 0 amide bonds. The molecule has 2 N–H and O–H groups in total. The molecule has 4 aliphatic carbocycles. The third-order valence-corrected chi connectivity index (χ3v) is 10.8. The highest BCUT2D eigenvalue weighted by molar-refractivity contribution is 5.88. The van der Waals surface area contributed by atoms with Crippen LogP contribution < -0.4 is 0 Å². The number of nitrogens with zero attached hydrogens (tertiary/aromatic N) is 1. The molecule has 3 nitrogen and oxygen atoms in total. The minimum Gasteiger partial charge on any atom is -0.411 e. The molecular formula is C27H47NO2. The summed E-state index contributed by atoms with van der Waals surface area (Å²) in [5.41, 5.74) is 1.69. The summed E-state index contributed by atoms with van der Waals surface area (Å²) >= 11 is 0. The topological polar surface area (TPSA) is 52.8 Å². The van der Waals surface area contributed by atoms with Gasteiger partial charge in [0, 0.05) is 5.92 Å². The Morgan fingerprint density at radius 1 is 0.967 bits per heavy atom. The minimum absolute atomic E-state index is 0.214. The Morgan fingerprint density at radius 3 is 2.37 bits per heavy atom. The number of rotatable bonds is 5. The number of hydrogen-bond donors (Lipinski definition) is 2. The molecule has 0 heterocycles. The van der Waals surface area contributed by atoms with Crippen molar-refractivity contribution < 1.29 is 10.3 Å². The van der Waals surface area contributed by atoms with E-state index in [-0.39, 0.29) is 17.4 Å². The summed E-state index contributed by atoms with van der Waals surface area (Å²) in [4.78, 5) is 0. The van der Waals surface area contributed by atoms with Crippen LogP contribution in [0.4, 0.5) is 0 Å². The van der Waals surface area contributed by atoms with Crippen molar-refractivity contribution in [3.63, 3.8) is 0 Å². The van der Waals surface area contributed by atoms with Gasteiger partial charge in [-0.05, 0) is 97.7 Å². The molecule has 9 atom stereocenters. The third-order valence-electron chi connectivity index (χ3n) is 10.8. The van der Waals surface area contributed by atoms with Gasteiger partial charge in [-0.15, -0.1) is 0 Å². The summed E-state index contributed by atoms with van der Waals surface area (Å²) in [6.45, 7) is 12.3. The zero-order valence-electron chi connectivity index (χ0n) is 20.2. The lowest BCUT2D eigenvalue weighted by Crippen LogP contribution is -2.57. The van der Waals surface area contributed by atoms with Crippen LogP contribution in [0.3, 0.4) is 0 Å². The summed E-state index contributed by atoms with van der Waals surface area (Å²) in [6.07, 6.45) is 13.2. The van der Waals surface area contributed by atoms with Gasteiger partial charge in [-0.3, -0.25) is 0 Å². The number of fused-ring (bicyclic) bond motifs is 5. The van der Waals surface area contributed by atoms with Crippen LogP contribution in [0.1, 0.15) is 105 Å². The van der Waals surface area contributed by atoms with Crippen molar-refractivity contribution in [3.8, 4) is 0 Å². The Hall–Kier alpha value is -0.570. The standard InChI is InChI=1S/C27H47NO2/c1-17(2)7-6-8-18(3)21-9-10-22-20-16-25(28-30)24-15-19(29)11-13-27(24,5)23(20)12-14-26(21,22)4/h17-24,29-30H,6-16H2,1-5H3/t18-,19?,20+,21-,22+,23+,24?,26-,27-/m1/s1. The maximum absolute atomic E-state index is 10.3. The smallest absolute Gasteiger partial charge is 0.0611 e. The molecule has 0 aliphatic heterocycles. The van der Waals surface area contributed by atoms with Gasteiger partial charge in [0.05, 0.1) is 11.8 Å². The summed E-state index contributed by atoms with van der Waals surface area (Å²) < 4.78 is 0. The SMILES string of the molecule is CC(C)CCC[C@@H](C)[C@H]1CC[C@H]2[C@@H]3CC(=NO)C4CC(O)CC[C@]4(C)[C@H]3CC[C@]12C. The largest absolute Gasteiger partial charge is 0.411 e. The van der Waals surface area contributed by atoms with E-state index in [1.54, 1.807) is 0 Å². The first-order valence-electron chi connectivity index (χ1n) is 13.1. The molecule has 2 unspecified atom stereocenters. The second-order valence-corrected chi connectivity index (χ2v) is 12.7. The second kappa shape index (κ2) is 8.41.